The Morgan fingerprint density at radius 2 is 1.41 bits per heavy atom. The van der Waals surface area contributed by atoms with Gasteiger partial charge in [0, 0.05) is 13.1 Å². The number of hydrogen-bond acceptors (Lipinski definition) is 2. The highest BCUT2D eigenvalue weighted by Gasteiger charge is 2.36. The number of carbonyl (C=O) groups excluding carboxylic acids is 1. The summed E-state index contributed by atoms with van der Waals surface area (Å²) in [7, 11) is 0. The number of nitrogens with zero attached hydrogens (tertiary/aromatic N) is 1. The van der Waals surface area contributed by atoms with Crippen LogP contribution in [0.5, 0.6) is 0 Å². The van der Waals surface area contributed by atoms with Crippen LogP contribution in [0.1, 0.15) is 86.0 Å². The van der Waals surface area contributed by atoms with E-state index in [1.54, 1.807) is 0 Å². The molecule has 1 amide bonds. The maximum atomic E-state index is 12.3. The van der Waals surface area contributed by atoms with Crippen LogP contribution in [0.2, 0.25) is 0 Å². The lowest BCUT2D eigenvalue weighted by Gasteiger charge is -2.24. The summed E-state index contributed by atoms with van der Waals surface area (Å²) in [5.74, 6) is 1.35. The van der Waals surface area contributed by atoms with Gasteiger partial charge in [-0.3, -0.25) is 0 Å². The van der Waals surface area contributed by atoms with E-state index in [1.807, 2.05) is 25.7 Å². The number of amides is 1. The lowest BCUT2D eigenvalue weighted by molar-refractivity contribution is 0.0283. The van der Waals surface area contributed by atoms with Crippen LogP contribution in [0.25, 0.3) is 0 Å². The number of unbranched alkanes of at least 4 members (excludes halogenated alkanes) is 4. The largest absolute Gasteiger partial charge is 0.444 e. The molecule has 130 valence electrons. The maximum absolute atomic E-state index is 12.3. The molecule has 3 heteroatoms. The van der Waals surface area contributed by atoms with Crippen LogP contribution in [0, 0.1) is 11.8 Å². The number of ether oxygens (including phenoxy) is 1. The Morgan fingerprint density at radius 1 is 0.955 bits per heavy atom. The molecule has 0 aromatic carbocycles. The van der Waals surface area contributed by atoms with Gasteiger partial charge in [0.15, 0.2) is 0 Å². The minimum atomic E-state index is -0.394. The fraction of sp³-hybridized carbons (Fsp3) is 0.947. The highest BCUT2D eigenvalue weighted by atomic mass is 16.6. The lowest BCUT2D eigenvalue weighted by atomic mass is 9.87. The van der Waals surface area contributed by atoms with E-state index in [2.05, 4.69) is 13.8 Å². The molecule has 0 bridgehead atoms. The normalized spacial score (nSPS) is 22.1. The summed E-state index contributed by atoms with van der Waals surface area (Å²) >= 11 is 0. The van der Waals surface area contributed by atoms with E-state index in [1.165, 1.54) is 51.4 Å². The van der Waals surface area contributed by atoms with Crippen molar-refractivity contribution in [3.63, 3.8) is 0 Å². The van der Waals surface area contributed by atoms with Crippen molar-refractivity contribution in [2.24, 2.45) is 11.8 Å². The topological polar surface area (TPSA) is 29.5 Å². The Morgan fingerprint density at radius 3 is 1.77 bits per heavy atom. The van der Waals surface area contributed by atoms with Crippen LogP contribution in [-0.2, 0) is 4.74 Å². The maximum Gasteiger partial charge on any atom is 0.410 e. The second kappa shape index (κ2) is 9.42. The molecule has 1 heterocycles. The van der Waals surface area contributed by atoms with Gasteiger partial charge in [0.1, 0.15) is 5.60 Å². The van der Waals surface area contributed by atoms with Crippen molar-refractivity contribution >= 4 is 6.09 Å². The van der Waals surface area contributed by atoms with Gasteiger partial charge >= 0.3 is 6.09 Å². The molecule has 0 aromatic rings. The molecule has 0 aromatic heterocycles. The summed E-state index contributed by atoms with van der Waals surface area (Å²) in [6.45, 7) is 12.1. The van der Waals surface area contributed by atoms with Crippen LogP contribution < -0.4 is 0 Å². The smallest absolute Gasteiger partial charge is 0.410 e. The van der Waals surface area contributed by atoms with Crippen molar-refractivity contribution in [3.05, 3.63) is 0 Å². The van der Waals surface area contributed by atoms with E-state index in [-0.39, 0.29) is 6.09 Å². The minimum Gasteiger partial charge on any atom is -0.444 e. The van der Waals surface area contributed by atoms with Gasteiger partial charge in [-0.1, -0.05) is 52.4 Å². The van der Waals surface area contributed by atoms with E-state index >= 15 is 0 Å². The summed E-state index contributed by atoms with van der Waals surface area (Å²) in [6, 6.07) is 0. The van der Waals surface area contributed by atoms with Crippen LogP contribution in [-0.4, -0.2) is 29.7 Å². The van der Waals surface area contributed by atoms with Gasteiger partial charge in [-0.05, 0) is 45.4 Å². The highest BCUT2D eigenvalue weighted by Crippen LogP contribution is 2.32. The van der Waals surface area contributed by atoms with Gasteiger partial charge in [0.25, 0.3) is 0 Å². The average molecular weight is 312 g/mol. The van der Waals surface area contributed by atoms with Crippen molar-refractivity contribution in [3.8, 4) is 0 Å². The van der Waals surface area contributed by atoms with Gasteiger partial charge in [-0.2, -0.15) is 0 Å². The van der Waals surface area contributed by atoms with Crippen molar-refractivity contribution in [1.29, 1.82) is 0 Å². The van der Waals surface area contributed by atoms with Gasteiger partial charge in [0.2, 0.25) is 0 Å². The van der Waals surface area contributed by atoms with E-state index in [0.29, 0.717) is 11.8 Å². The second-order valence-corrected chi connectivity index (χ2v) is 7.90. The predicted molar refractivity (Wildman–Crippen MR) is 93.1 cm³/mol. The Kier molecular flexibility index (Phi) is 8.27. The van der Waals surface area contributed by atoms with Crippen LogP contribution in [0.4, 0.5) is 4.79 Å². The third-order valence-electron chi connectivity index (χ3n) is 4.59. The zero-order valence-corrected chi connectivity index (χ0v) is 15.5. The monoisotopic (exact) mass is 311 g/mol. The molecule has 0 spiro atoms. The molecule has 0 radical (unpaired) electrons. The lowest BCUT2D eigenvalue weighted by Crippen LogP contribution is -2.35. The molecule has 22 heavy (non-hydrogen) atoms. The zero-order chi connectivity index (χ0) is 16.6. The first-order valence-electron chi connectivity index (χ1n) is 9.35. The number of hydrogen-bond donors (Lipinski definition) is 0. The summed E-state index contributed by atoms with van der Waals surface area (Å²) in [6.07, 6.45) is 10.2. The molecule has 0 saturated carbocycles. The molecule has 1 rings (SSSR count). The zero-order valence-electron chi connectivity index (χ0n) is 15.5. The van der Waals surface area contributed by atoms with E-state index in [9.17, 15) is 4.79 Å². The van der Waals surface area contributed by atoms with Gasteiger partial charge in [0.05, 0.1) is 0 Å². The SMILES string of the molecule is CCCCCC1CN(C(=O)OC(C)(C)C)CC1CCCCC. The third-order valence-corrected chi connectivity index (χ3v) is 4.59. The van der Waals surface area contributed by atoms with E-state index in [4.69, 9.17) is 4.74 Å². The first kappa shape index (κ1) is 19.3. The molecule has 0 aliphatic carbocycles. The minimum absolute atomic E-state index is 0.119. The van der Waals surface area contributed by atoms with Crippen LogP contribution in [0.15, 0.2) is 0 Å². The molecule has 0 N–H and O–H groups in total. The summed E-state index contributed by atoms with van der Waals surface area (Å²) < 4.78 is 5.56. The summed E-state index contributed by atoms with van der Waals surface area (Å²) in [5, 5.41) is 0. The predicted octanol–water partition coefficient (Wildman–Crippen LogP) is 5.63. The fourth-order valence-corrected chi connectivity index (χ4v) is 3.38. The molecule has 2 atom stereocenters. The Labute approximate surface area is 137 Å². The van der Waals surface area contributed by atoms with Crippen molar-refractivity contribution in [2.75, 3.05) is 13.1 Å². The van der Waals surface area contributed by atoms with Crippen molar-refractivity contribution in [2.45, 2.75) is 91.6 Å². The quantitative estimate of drug-likeness (QED) is 0.544. The highest BCUT2D eigenvalue weighted by molar-refractivity contribution is 5.68. The number of rotatable bonds is 8. The van der Waals surface area contributed by atoms with E-state index in [0.717, 1.165) is 13.1 Å². The van der Waals surface area contributed by atoms with Crippen molar-refractivity contribution < 1.29 is 9.53 Å². The third kappa shape index (κ3) is 7.02. The van der Waals surface area contributed by atoms with Gasteiger partial charge in [-0.25, -0.2) is 4.79 Å². The summed E-state index contributed by atoms with van der Waals surface area (Å²) in [5.41, 5.74) is -0.394. The molecular weight excluding hydrogens is 274 g/mol. The number of likely N-dealkylation sites (tertiary alicyclic amines) is 1. The Bertz CT molecular complexity index is 304. The molecule has 1 aliphatic rings. The second-order valence-electron chi connectivity index (χ2n) is 7.90. The molecule has 1 fully saturated rings. The van der Waals surface area contributed by atoms with E-state index < -0.39 is 5.60 Å². The molecule has 2 unspecified atom stereocenters. The molecule has 1 saturated heterocycles. The Hall–Kier alpha value is -0.730. The standard InChI is InChI=1S/C19H37NO2/c1-6-8-10-12-16-14-20(18(21)22-19(3,4)5)15-17(16)13-11-9-7-2/h16-17H,6-15H2,1-5H3. The molecule has 3 nitrogen and oxygen atoms in total. The van der Waals surface area contributed by atoms with Crippen LogP contribution in [0.3, 0.4) is 0 Å². The Balaban J connectivity index is 2.54. The number of carbonyl (C=O) groups is 1. The first-order chi connectivity index (χ1) is 10.4. The summed E-state index contributed by atoms with van der Waals surface area (Å²) in [4.78, 5) is 14.3. The molecular formula is C19H37NO2. The first-order valence-corrected chi connectivity index (χ1v) is 9.35. The molecule has 1 aliphatic heterocycles. The van der Waals surface area contributed by atoms with Gasteiger partial charge in [-0.15, -0.1) is 0 Å². The van der Waals surface area contributed by atoms with Crippen molar-refractivity contribution in [1.82, 2.24) is 4.90 Å². The fourth-order valence-electron chi connectivity index (χ4n) is 3.38. The average Bonchev–Trinajstić information content (AvgIpc) is 2.81. The van der Waals surface area contributed by atoms with Crippen LogP contribution >= 0.6 is 0 Å². The van der Waals surface area contributed by atoms with Gasteiger partial charge < -0.3 is 9.64 Å².